The smallest absolute Gasteiger partial charge is 0.410 e. The van der Waals surface area contributed by atoms with E-state index in [2.05, 4.69) is 11.4 Å². The van der Waals surface area contributed by atoms with Crippen LogP contribution in [-0.4, -0.2) is 34.3 Å². The zero-order valence-electron chi connectivity index (χ0n) is 18.0. The summed E-state index contributed by atoms with van der Waals surface area (Å²) < 4.78 is 5.46. The second-order valence-electron chi connectivity index (χ2n) is 8.29. The van der Waals surface area contributed by atoms with Crippen LogP contribution >= 0.6 is 23.1 Å². The number of benzene rings is 1. The van der Waals surface area contributed by atoms with E-state index in [1.165, 1.54) is 23.1 Å². The van der Waals surface area contributed by atoms with E-state index in [4.69, 9.17) is 10.5 Å². The number of fused-ring (bicyclic) bond motifs is 1. The van der Waals surface area contributed by atoms with Crippen LogP contribution in [0.25, 0.3) is 0 Å². The Kier molecular flexibility index (Phi) is 6.82. The zero-order valence-corrected chi connectivity index (χ0v) is 19.7. The summed E-state index contributed by atoms with van der Waals surface area (Å²) in [4.78, 5) is 28.6. The Bertz CT molecular complexity index is 1040. The lowest BCUT2D eigenvalue weighted by molar-refractivity contribution is -0.115. The Labute approximate surface area is 190 Å². The van der Waals surface area contributed by atoms with Crippen molar-refractivity contribution in [3.63, 3.8) is 0 Å². The fraction of sp³-hybridized carbons (Fsp3) is 0.409. The molecule has 0 saturated heterocycles. The number of rotatable bonds is 4. The van der Waals surface area contributed by atoms with Gasteiger partial charge in [-0.1, -0.05) is 6.07 Å². The molecule has 0 spiro atoms. The Morgan fingerprint density at radius 1 is 1.39 bits per heavy atom. The Balaban J connectivity index is 1.71. The number of nitrogens with two attached hydrogens (primary N) is 1. The first kappa shape index (κ1) is 23.0. The number of nitrogen functional groups attached to an aromatic ring is 1. The minimum Gasteiger partial charge on any atom is -0.444 e. The molecule has 1 unspecified atom stereocenters. The van der Waals surface area contributed by atoms with Gasteiger partial charge in [0.1, 0.15) is 16.7 Å². The van der Waals surface area contributed by atoms with Gasteiger partial charge in [-0.05, 0) is 57.9 Å². The maximum Gasteiger partial charge on any atom is 0.410 e. The van der Waals surface area contributed by atoms with Crippen molar-refractivity contribution < 1.29 is 14.3 Å². The van der Waals surface area contributed by atoms with E-state index >= 15 is 0 Å². The van der Waals surface area contributed by atoms with Gasteiger partial charge in [0.05, 0.1) is 17.4 Å². The summed E-state index contributed by atoms with van der Waals surface area (Å²) in [6.07, 6.45) is 0.181. The van der Waals surface area contributed by atoms with Crippen LogP contribution < -0.4 is 11.1 Å². The molecule has 0 aliphatic carbocycles. The molecule has 1 aliphatic rings. The number of anilines is 2. The van der Waals surface area contributed by atoms with Crippen molar-refractivity contribution >= 4 is 45.8 Å². The number of hydrogen-bond donors (Lipinski definition) is 2. The molecule has 31 heavy (non-hydrogen) atoms. The number of carbonyl (C=O) groups is 2. The topological polar surface area (TPSA) is 108 Å². The fourth-order valence-corrected chi connectivity index (χ4v) is 5.30. The second kappa shape index (κ2) is 9.20. The van der Waals surface area contributed by atoms with Crippen molar-refractivity contribution in [2.24, 2.45) is 0 Å². The van der Waals surface area contributed by atoms with Crippen LogP contribution in [0.15, 0.2) is 29.2 Å². The normalized spacial score (nSPS) is 14.4. The highest BCUT2D eigenvalue weighted by molar-refractivity contribution is 8.00. The lowest BCUT2D eigenvalue weighted by Crippen LogP contribution is -2.39. The van der Waals surface area contributed by atoms with E-state index < -0.39 is 5.60 Å². The number of carbonyl (C=O) groups excluding carboxylic acids is 2. The lowest BCUT2D eigenvalue weighted by atomic mass is 10.0. The lowest BCUT2D eigenvalue weighted by Gasteiger charge is -2.29. The summed E-state index contributed by atoms with van der Waals surface area (Å²) in [6, 6.07) is 9.60. The van der Waals surface area contributed by atoms with Crippen LogP contribution in [0.1, 0.15) is 43.7 Å². The number of hydrogen-bond acceptors (Lipinski definition) is 7. The summed E-state index contributed by atoms with van der Waals surface area (Å²) in [7, 11) is 0. The van der Waals surface area contributed by atoms with Crippen molar-refractivity contribution in [3.8, 4) is 6.07 Å². The number of thioether (sulfide) groups is 1. The van der Waals surface area contributed by atoms with Gasteiger partial charge in [-0.3, -0.25) is 4.79 Å². The number of amides is 2. The van der Waals surface area contributed by atoms with Gasteiger partial charge in [0, 0.05) is 22.0 Å². The first-order valence-electron chi connectivity index (χ1n) is 9.93. The van der Waals surface area contributed by atoms with Gasteiger partial charge in [-0.25, -0.2) is 4.79 Å². The molecule has 1 atom stereocenters. The fourth-order valence-electron chi connectivity index (χ4n) is 3.15. The van der Waals surface area contributed by atoms with Crippen molar-refractivity contribution in [3.05, 3.63) is 40.3 Å². The number of thiophene rings is 1. The molecule has 3 N–H and O–H groups in total. The molecule has 0 bridgehead atoms. The first-order valence-corrected chi connectivity index (χ1v) is 11.6. The summed E-state index contributed by atoms with van der Waals surface area (Å²) >= 11 is 2.75. The van der Waals surface area contributed by atoms with Gasteiger partial charge in [0.25, 0.3) is 0 Å². The van der Waals surface area contributed by atoms with Gasteiger partial charge >= 0.3 is 6.09 Å². The zero-order chi connectivity index (χ0) is 22.8. The third-order valence-electron chi connectivity index (χ3n) is 4.60. The number of nitriles is 1. The molecule has 2 aromatic rings. The van der Waals surface area contributed by atoms with E-state index in [0.717, 1.165) is 15.3 Å². The van der Waals surface area contributed by atoms with Crippen molar-refractivity contribution in [1.29, 1.82) is 5.26 Å². The molecule has 0 fully saturated rings. The molecule has 2 heterocycles. The van der Waals surface area contributed by atoms with Crippen LogP contribution in [0.4, 0.5) is 15.5 Å². The molecule has 0 radical (unpaired) electrons. The second-order valence-corrected chi connectivity index (χ2v) is 10.8. The predicted molar refractivity (Wildman–Crippen MR) is 124 cm³/mol. The van der Waals surface area contributed by atoms with Crippen LogP contribution in [0.5, 0.6) is 0 Å². The molecule has 1 aliphatic heterocycles. The monoisotopic (exact) mass is 458 g/mol. The van der Waals surface area contributed by atoms with Gasteiger partial charge < -0.3 is 20.7 Å². The van der Waals surface area contributed by atoms with E-state index in [-0.39, 0.29) is 17.3 Å². The van der Waals surface area contributed by atoms with Gasteiger partial charge in [0.15, 0.2) is 0 Å². The Morgan fingerprint density at radius 2 is 2.13 bits per heavy atom. The Hall–Kier alpha value is -2.70. The van der Waals surface area contributed by atoms with Gasteiger partial charge in [-0.15, -0.1) is 23.1 Å². The van der Waals surface area contributed by atoms with E-state index in [9.17, 15) is 14.9 Å². The third kappa shape index (κ3) is 5.71. The molecule has 7 nitrogen and oxygen atoms in total. The summed E-state index contributed by atoms with van der Waals surface area (Å²) in [6.45, 7) is 8.14. The molecule has 1 aromatic heterocycles. The van der Waals surface area contributed by atoms with Crippen molar-refractivity contribution in [2.75, 3.05) is 17.6 Å². The highest BCUT2D eigenvalue weighted by Crippen LogP contribution is 2.37. The van der Waals surface area contributed by atoms with Crippen LogP contribution in [0.3, 0.4) is 0 Å². The van der Waals surface area contributed by atoms with E-state index in [1.54, 1.807) is 11.0 Å². The summed E-state index contributed by atoms with van der Waals surface area (Å²) in [5, 5.41) is 12.8. The Morgan fingerprint density at radius 3 is 2.77 bits per heavy atom. The molecular formula is C22H26N4O3S2. The molecule has 1 aromatic carbocycles. The minimum absolute atomic E-state index is 0.188. The van der Waals surface area contributed by atoms with Crippen molar-refractivity contribution in [2.45, 2.75) is 56.4 Å². The van der Waals surface area contributed by atoms with Crippen LogP contribution in [0, 0.1) is 11.3 Å². The van der Waals surface area contributed by atoms with E-state index in [0.29, 0.717) is 35.8 Å². The van der Waals surface area contributed by atoms with Gasteiger partial charge in [0.2, 0.25) is 5.91 Å². The first-order chi connectivity index (χ1) is 14.6. The number of nitrogens with one attached hydrogen (secondary N) is 1. The van der Waals surface area contributed by atoms with Crippen LogP contribution in [0.2, 0.25) is 0 Å². The average Bonchev–Trinajstić information content (AvgIpc) is 3.02. The quantitative estimate of drug-likeness (QED) is 0.511. The molecule has 3 rings (SSSR count). The highest BCUT2D eigenvalue weighted by Gasteiger charge is 2.30. The maximum atomic E-state index is 12.8. The van der Waals surface area contributed by atoms with Crippen LogP contribution in [-0.2, 0) is 22.5 Å². The maximum absolute atomic E-state index is 12.8. The largest absolute Gasteiger partial charge is 0.444 e. The molecule has 0 saturated carbocycles. The molecule has 164 valence electrons. The standard InChI is InChI=1S/C22H26N4O3S2/c1-13(30-15-7-5-6-14(24)10-15)19(27)25-20-17(11-23)16-8-9-26(12-18(16)31-20)21(28)29-22(2,3)4/h5-7,10,13H,8-9,12,24H2,1-4H3,(H,25,27). The molecule has 2 amide bonds. The SMILES string of the molecule is CC(Sc1cccc(N)c1)C(=O)Nc1sc2c(c1C#N)CCN(C(=O)OC(C)(C)C)C2. The predicted octanol–water partition coefficient (Wildman–Crippen LogP) is 4.61. The number of nitrogens with zero attached hydrogens (tertiary/aromatic N) is 2. The average molecular weight is 459 g/mol. The minimum atomic E-state index is -0.568. The summed E-state index contributed by atoms with van der Waals surface area (Å²) in [5.74, 6) is -0.188. The highest BCUT2D eigenvalue weighted by atomic mass is 32.2. The third-order valence-corrected chi connectivity index (χ3v) is 6.82. The van der Waals surface area contributed by atoms with E-state index in [1.807, 2.05) is 45.9 Å². The molecular weight excluding hydrogens is 432 g/mol. The van der Waals surface area contributed by atoms with Crippen molar-refractivity contribution in [1.82, 2.24) is 4.90 Å². The number of ether oxygens (including phenoxy) is 1. The van der Waals surface area contributed by atoms with Gasteiger partial charge in [-0.2, -0.15) is 5.26 Å². The summed E-state index contributed by atoms with van der Waals surface area (Å²) in [5.41, 5.74) is 7.27. The molecule has 9 heteroatoms.